The van der Waals surface area contributed by atoms with Crippen LogP contribution in [0.25, 0.3) is 11.4 Å². The highest BCUT2D eigenvalue weighted by Crippen LogP contribution is 2.31. The monoisotopic (exact) mass is 409 g/mol. The molecule has 2 aromatic carbocycles. The molecule has 0 aliphatic carbocycles. The number of nitrogens with zero attached hydrogens (tertiary/aromatic N) is 5. The number of hydrogen-bond donors (Lipinski definition) is 0. The van der Waals surface area contributed by atoms with Crippen LogP contribution >= 0.6 is 0 Å². The molecular formula is C21H23N5O4. The van der Waals surface area contributed by atoms with Gasteiger partial charge in [0.15, 0.2) is 17.6 Å². The number of tetrazole rings is 1. The molecule has 0 bridgehead atoms. The fourth-order valence-corrected chi connectivity index (χ4v) is 3.22. The zero-order valence-corrected chi connectivity index (χ0v) is 16.9. The van der Waals surface area contributed by atoms with Gasteiger partial charge >= 0.3 is 0 Å². The molecule has 0 radical (unpaired) electrons. The SMILES string of the molecule is CCN(C[C@H]1COc2ccccc2O1)C(=O)Cn1nnc(-c2cccc(OC)c2)n1. The summed E-state index contributed by atoms with van der Waals surface area (Å²) >= 11 is 0. The van der Waals surface area contributed by atoms with Gasteiger partial charge in [-0.1, -0.05) is 24.3 Å². The number of fused-ring (bicyclic) bond motifs is 1. The molecule has 0 saturated carbocycles. The van der Waals surface area contributed by atoms with Crippen molar-refractivity contribution in [3.05, 3.63) is 48.5 Å². The maximum absolute atomic E-state index is 12.8. The molecule has 1 aliphatic rings. The Balaban J connectivity index is 1.38. The van der Waals surface area contributed by atoms with Crippen LogP contribution in [-0.2, 0) is 11.3 Å². The van der Waals surface area contributed by atoms with E-state index < -0.39 is 0 Å². The van der Waals surface area contributed by atoms with Gasteiger partial charge in [-0.05, 0) is 36.4 Å². The Kier molecular flexibility index (Phi) is 5.78. The van der Waals surface area contributed by atoms with Crippen LogP contribution in [0.2, 0.25) is 0 Å². The summed E-state index contributed by atoms with van der Waals surface area (Å²) in [4.78, 5) is 15.8. The van der Waals surface area contributed by atoms with Crippen LogP contribution in [0.5, 0.6) is 17.2 Å². The van der Waals surface area contributed by atoms with Crippen molar-refractivity contribution in [2.45, 2.75) is 19.6 Å². The van der Waals surface area contributed by atoms with Crippen molar-refractivity contribution in [2.75, 3.05) is 26.8 Å². The van der Waals surface area contributed by atoms with Crippen molar-refractivity contribution < 1.29 is 19.0 Å². The molecule has 156 valence electrons. The molecule has 0 fully saturated rings. The molecule has 3 aromatic rings. The van der Waals surface area contributed by atoms with Gasteiger partial charge in [0.1, 0.15) is 18.9 Å². The molecule has 9 heteroatoms. The Morgan fingerprint density at radius 3 is 2.87 bits per heavy atom. The third-order valence-corrected chi connectivity index (χ3v) is 4.78. The average molecular weight is 409 g/mol. The summed E-state index contributed by atoms with van der Waals surface area (Å²) in [6, 6.07) is 14.9. The van der Waals surface area contributed by atoms with E-state index >= 15 is 0 Å². The lowest BCUT2D eigenvalue weighted by molar-refractivity contribution is -0.133. The fraction of sp³-hybridized carbons (Fsp3) is 0.333. The molecule has 1 aliphatic heterocycles. The molecule has 0 spiro atoms. The van der Waals surface area contributed by atoms with Gasteiger partial charge in [-0.25, -0.2) is 0 Å². The van der Waals surface area contributed by atoms with E-state index in [4.69, 9.17) is 14.2 Å². The Morgan fingerprint density at radius 2 is 2.07 bits per heavy atom. The number of aromatic nitrogens is 4. The van der Waals surface area contributed by atoms with Crippen LogP contribution in [0.1, 0.15) is 6.92 Å². The van der Waals surface area contributed by atoms with E-state index in [0.29, 0.717) is 37.0 Å². The Bertz CT molecular complexity index is 1020. The van der Waals surface area contributed by atoms with Gasteiger partial charge in [0.25, 0.3) is 0 Å². The van der Waals surface area contributed by atoms with E-state index in [1.807, 2.05) is 55.5 Å². The zero-order chi connectivity index (χ0) is 20.9. The van der Waals surface area contributed by atoms with Crippen LogP contribution in [0.3, 0.4) is 0 Å². The molecule has 2 heterocycles. The Hall–Kier alpha value is -3.62. The first-order valence-corrected chi connectivity index (χ1v) is 9.74. The van der Waals surface area contributed by atoms with E-state index in [1.165, 1.54) is 4.80 Å². The minimum absolute atomic E-state index is 0.00499. The van der Waals surface area contributed by atoms with Crippen molar-refractivity contribution in [1.29, 1.82) is 0 Å². The molecule has 4 rings (SSSR count). The first kappa shape index (κ1) is 19.7. The molecule has 9 nitrogen and oxygen atoms in total. The van der Waals surface area contributed by atoms with Gasteiger partial charge in [0, 0.05) is 12.1 Å². The van der Waals surface area contributed by atoms with Crippen molar-refractivity contribution in [3.63, 3.8) is 0 Å². The third kappa shape index (κ3) is 4.35. The smallest absolute Gasteiger partial charge is 0.246 e. The summed E-state index contributed by atoms with van der Waals surface area (Å²) in [5, 5.41) is 12.4. The van der Waals surface area contributed by atoms with Crippen LogP contribution in [0.4, 0.5) is 0 Å². The predicted octanol–water partition coefficient (Wildman–Crippen LogP) is 2.04. The van der Waals surface area contributed by atoms with Gasteiger partial charge in [-0.15, -0.1) is 10.2 Å². The summed E-state index contributed by atoms with van der Waals surface area (Å²) in [6.07, 6.45) is -0.236. The molecular weight excluding hydrogens is 386 g/mol. The number of para-hydroxylation sites is 2. The molecule has 1 atom stereocenters. The number of hydrogen-bond acceptors (Lipinski definition) is 7. The summed E-state index contributed by atoms with van der Waals surface area (Å²) in [7, 11) is 1.60. The second kappa shape index (κ2) is 8.81. The maximum Gasteiger partial charge on any atom is 0.246 e. The van der Waals surface area contributed by atoms with Gasteiger partial charge < -0.3 is 19.1 Å². The number of rotatable bonds is 7. The Morgan fingerprint density at radius 1 is 1.23 bits per heavy atom. The molecule has 30 heavy (non-hydrogen) atoms. The van der Waals surface area contributed by atoms with E-state index in [-0.39, 0.29) is 18.6 Å². The van der Waals surface area contributed by atoms with Gasteiger partial charge in [-0.3, -0.25) is 4.79 Å². The number of ether oxygens (including phenoxy) is 3. The number of amides is 1. The topological polar surface area (TPSA) is 91.6 Å². The molecule has 0 saturated heterocycles. The predicted molar refractivity (Wildman–Crippen MR) is 108 cm³/mol. The third-order valence-electron chi connectivity index (χ3n) is 4.78. The lowest BCUT2D eigenvalue weighted by Gasteiger charge is -2.30. The van der Waals surface area contributed by atoms with E-state index in [1.54, 1.807) is 12.0 Å². The fourth-order valence-electron chi connectivity index (χ4n) is 3.22. The molecule has 1 aromatic heterocycles. The van der Waals surface area contributed by atoms with Crippen molar-refractivity contribution in [3.8, 4) is 28.6 Å². The maximum atomic E-state index is 12.8. The summed E-state index contributed by atoms with van der Waals surface area (Å²) in [5.74, 6) is 2.44. The molecule has 1 amide bonds. The zero-order valence-electron chi connectivity index (χ0n) is 16.9. The largest absolute Gasteiger partial charge is 0.497 e. The second-order valence-corrected chi connectivity index (χ2v) is 6.81. The normalized spacial score (nSPS) is 14.9. The molecule has 0 N–H and O–H groups in total. The lowest BCUT2D eigenvalue weighted by Crippen LogP contribution is -2.44. The minimum Gasteiger partial charge on any atom is -0.497 e. The van der Waals surface area contributed by atoms with Crippen molar-refractivity contribution in [2.24, 2.45) is 0 Å². The van der Waals surface area contributed by atoms with Crippen LogP contribution in [-0.4, -0.2) is 63.9 Å². The van der Waals surface area contributed by atoms with Gasteiger partial charge in [0.05, 0.1) is 13.7 Å². The van der Waals surface area contributed by atoms with Crippen molar-refractivity contribution in [1.82, 2.24) is 25.1 Å². The van der Waals surface area contributed by atoms with E-state index in [9.17, 15) is 4.79 Å². The first-order valence-electron chi connectivity index (χ1n) is 9.74. The van der Waals surface area contributed by atoms with E-state index in [0.717, 1.165) is 11.3 Å². The minimum atomic E-state index is -0.236. The van der Waals surface area contributed by atoms with Crippen LogP contribution in [0.15, 0.2) is 48.5 Å². The first-order chi connectivity index (χ1) is 14.7. The number of carbonyl (C=O) groups is 1. The number of benzene rings is 2. The number of methoxy groups -OCH3 is 1. The lowest BCUT2D eigenvalue weighted by atomic mass is 10.2. The summed E-state index contributed by atoms with van der Waals surface area (Å²) < 4.78 is 16.9. The van der Waals surface area contributed by atoms with Crippen LogP contribution in [0, 0.1) is 0 Å². The standard InChI is InChI=1S/C21H23N5O4/c1-3-25(12-17-14-29-18-9-4-5-10-19(18)30-17)20(27)13-26-23-21(22-24-26)15-7-6-8-16(11-15)28-2/h4-11,17H,3,12-14H2,1-2H3/t17-/m0/s1. The van der Waals surface area contributed by atoms with Gasteiger partial charge in [0.2, 0.25) is 11.7 Å². The summed E-state index contributed by atoms with van der Waals surface area (Å²) in [6.45, 7) is 3.27. The van der Waals surface area contributed by atoms with Gasteiger partial charge in [-0.2, -0.15) is 4.80 Å². The highest BCUT2D eigenvalue weighted by Gasteiger charge is 2.25. The quantitative estimate of drug-likeness (QED) is 0.590. The second-order valence-electron chi connectivity index (χ2n) is 6.81. The molecule has 0 unspecified atom stereocenters. The van der Waals surface area contributed by atoms with E-state index in [2.05, 4.69) is 15.4 Å². The number of carbonyl (C=O) groups excluding carboxylic acids is 1. The van der Waals surface area contributed by atoms with Crippen molar-refractivity contribution >= 4 is 5.91 Å². The summed E-state index contributed by atoms with van der Waals surface area (Å²) in [5.41, 5.74) is 0.770. The number of likely N-dealkylation sites (N-methyl/N-ethyl adjacent to an activating group) is 1. The highest BCUT2D eigenvalue weighted by molar-refractivity contribution is 5.75. The average Bonchev–Trinajstić information content (AvgIpc) is 3.25. The van der Waals surface area contributed by atoms with Crippen LogP contribution < -0.4 is 14.2 Å². The highest BCUT2D eigenvalue weighted by atomic mass is 16.6. The Labute approximate surface area is 174 Å².